The molecule has 1 N–H and O–H groups in total. The average Bonchev–Trinajstić information content (AvgIpc) is 2.93. The van der Waals surface area contributed by atoms with Gasteiger partial charge in [-0.25, -0.2) is 4.98 Å². The molecule has 0 saturated heterocycles. The number of terminal acetylenes is 1. The monoisotopic (exact) mass is 478 g/mol. The second kappa shape index (κ2) is 11.6. The second-order valence-corrected chi connectivity index (χ2v) is 9.06. The van der Waals surface area contributed by atoms with Crippen LogP contribution in [-0.4, -0.2) is 34.2 Å². The molecule has 0 spiro atoms. The van der Waals surface area contributed by atoms with Crippen molar-refractivity contribution in [3.8, 4) is 23.6 Å². The number of hydrogen-bond donors (Lipinski definition) is 1. The number of hydrogen-bond acceptors (Lipinski definition) is 5. The van der Waals surface area contributed by atoms with E-state index in [0.29, 0.717) is 6.04 Å². The number of carbonyl (C=O) groups is 1. The van der Waals surface area contributed by atoms with Gasteiger partial charge in [0.2, 0.25) is 0 Å². The number of nitrogens with zero attached hydrogens (tertiary/aromatic N) is 3. The van der Waals surface area contributed by atoms with Crippen LogP contribution in [0, 0.1) is 19.3 Å². The lowest BCUT2D eigenvalue weighted by atomic mass is 9.97. The van der Waals surface area contributed by atoms with Gasteiger partial charge in [0.25, 0.3) is 0 Å². The Bertz CT molecular complexity index is 1400. The normalized spacial score (nSPS) is 13.7. The third kappa shape index (κ3) is 5.30. The molecule has 0 fully saturated rings. The van der Waals surface area contributed by atoms with Gasteiger partial charge in [-0.05, 0) is 60.5 Å². The molecule has 0 radical (unpaired) electrons. The molecule has 184 valence electrons. The number of aryl methyl sites for hydroxylation is 1. The first-order chi connectivity index (χ1) is 17.7. The molecule has 0 amide bonds. The zero-order valence-electron chi connectivity index (χ0n) is 21.0. The highest BCUT2D eigenvalue weighted by molar-refractivity contribution is 5.86. The molecule has 2 aromatic heterocycles. The predicted octanol–water partition coefficient (Wildman–Crippen LogP) is 6.57. The van der Waals surface area contributed by atoms with Gasteiger partial charge in [0.15, 0.2) is 0 Å². The molecule has 2 aromatic carbocycles. The number of aromatic nitrogens is 2. The number of anilines is 2. The first kappa shape index (κ1) is 25.1. The van der Waals surface area contributed by atoms with E-state index in [1.165, 1.54) is 22.1 Å². The summed E-state index contributed by atoms with van der Waals surface area (Å²) in [6.45, 7) is 8.28. The summed E-state index contributed by atoms with van der Waals surface area (Å²) in [5, 5.41) is 5.95. The smallest absolute Gasteiger partial charge is 0.133 e. The first-order valence-electron chi connectivity index (χ1n) is 12.3. The minimum absolute atomic E-state index is 0. The standard InChI is InChI=1S/C30H30N4.CH2O.H2/c1-4-8-26(5-2)34-16-14-27-24(20-34)13-15-31-30(27)33-25-12-11-21(3)28(18-25)29-17-22-9-6-7-10-23(22)19-32-29;1-2;/h1,6-7,9-13,15,17-19,26H,5,8,14,16,20H2,2-3H3,(H,31,33);1H2;1H. The fraction of sp³-hybridized carbons (Fsp3) is 0.258. The van der Waals surface area contributed by atoms with Crippen LogP contribution in [0.3, 0.4) is 0 Å². The fourth-order valence-corrected chi connectivity index (χ4v) is 4.94. The Morgan fingerprint density at radius 3 is 2.72 bits per heavy atom. The van der Waals surface area contributed by atoms with Gasteiger partial charge >= 0.3 is 0 Å². The van der Waals surface area contributed by atoms with E-state index in [2.05, 4.69) is 78.5 Å². The van der Waals surface area contributed by atoms with Crippen molar-refractivity contribution in [2.45, 2.75) is 45.7 Å². The average molecular weight is 479 g/mol. The van der Waals surface area contributed by atoms with Crippen LogP contribution in [0.5, 0.6) is 0 Å². The quantitative estimate of drug-likeness (QED) is 0.318. The maximum Gasteiger partial charge on any atom is 0.133 e. The van der Waals surface area contributed by atoms with Gasteiger partial charge in [0.1, 0.15) is 12.6 Å². The minimum Gasteiger partial charge on any atom is -0.340 e. The second-order valence-electron chi connectivity index (χ2n) is 9.06. The molecule has 0 saturated carbocycles. The molecule has 1 atom stereocenters. The van der Waals surface area contributed by atoms with Gasteiger partial charge < -0.3 is 10.1 Å². The molecule has 36 heavy (non-hydrogen) atoms. The predicted molar refractivity (Wildman–Crippen MR) is 150 cm³/mol. The molecule has 0 aliphatic carbocycles. The number of benzene rings is 2. The Labute approximate surface area is 215 Å². The Kier molecular flexibility index (Phi) is 8.10. The minimum atomic E-state index is 0. The molecular formula is C31H34N4O. The summed E-state index contributed by atoms with van der Waals surface area (Å²) in [6.07, 6.45) is 12.3. The molecule has 5 rings (SSSR count). The summed E-state index contributed by atoms with van der Waals surface area (Å²) in [5.41, 5.74) is 6.98. The van der Waals surface area contributed by atoms with Crippen molar-refractivity contribution in [3.63, 3.8) is 0 Å². The van der Waals surface area contributed by atoms with E-state index in [1.807, 2.05) is 25.2 Å². The van der Waals surface area contributed by atoms with Crippen LogP contribution < -0.4 is 5.32 Å². The van der Waals surface area contributed by atoms with E-state index in [4.69, 9.17) is 21.2 Å². The number of fused-ring (bicyclic) bond motifs is 2. The molecule has 1 aliphatic heterocycles. The van der Waals surface area contributed by atoms with Crippen LogP contribution in [0.1, 0.15) is 37.9 Å². The molecule has 3 heterocycles. The molecule has 4 aromatic rings. The Morgan fingerprint density at radius 2 is 1.94 bits per heavy atom. The third-order valence-electron chi connectivity index (χ3n) is 6.92. The van der Waals surface area contributed by atoms with E-state index in [-0.39, 0.29) is 1.43 Å². The van der Waals surface area contributed by atoms with Crippen LogP contribution in [0.25, 0.3) is 22.0 Å². The maximum atomic E-state index is 8.00. The first-order valence-corrected chi connectivity index (χ1v) is 12.3. The van der Waals surface area contributed by atoms with Gasteiger partial charge in [0.05, 0.1) is 5.69 Å². The molecule has 5 heteroatoms. The van der Waals surface area contributed by atoms with Gasteiger partial charge in [-0.3, -0.25) is 9.88 Å². The molecule has 1 aliphatic rings. The Morgan fingerprint density at radius 1 is 1.14 bits per heavy atom. The van der Waals surface area contributed by atoms with Crippen LogP contribution >= 0.6 is 0 Å². The maximum absolute atomic E-state index is 8.00. The van der Waals surface area contributed by atoms with Gasteiger partial charge in [-0.2, -0.15) is 0 Å². The van der Waals surface area contributed by atoms with Crippen LogP contribution in [0.15, 0.2) is 67.0 Å². The molecule has 5 nitrogen and oxygen atoms in total. The lowest BCUT2D eigenvalue weighted by molar-refractivity contribution is -0.0979. The van der Waals surface area contributed by atoms with Gasteiger partial charge in [-0.15, -0.1) is 12.3 Å². The van der Waals surface area contributed by atoms with Crippen molar-refractivity contribution in [1.82, 2.24) is 14.9 Å². The fourth-order valence-electron chi connectivity index (χ4n) is 4.94. The van der Waals surface area contributed by atoms with E-state index in [9.17, 15) is 0 Å². The van der Waals surface area contributed by atoms with E-state index < -0.39 is 0 Å². The van der Waals surface area contributed by atoms with E-state index in [1.54, 1.807) is 0 Å². The Hall–Kier alpha value is -4.01. The summed E-state index contributed by atoms with van der Waals surface area (Å²) < 4.78 is 0. The largest absolute Gasteiger partial charge is 0.340 e. The molecular weight excluding hydrogens is 444 g/mol. The van der Waals surface area contributed by atoms with Crippen LogP contribution in [-0.2, 0) is 17.8 Å². The summed E-state index contributed by atoms with van der Waals surface area (Å²) in [6, 6.07) is 19.5. The van der Waals surface area contributed by atoms with Crippen molar-refractivity contribution in [1.29, 1.82) is 0 Å². The number of pyridine rings is 2. The zero-order chi connectivity index (χ0) is 25.5. The highest BCUT2D eigenvalue weighted by Gasteiger charge is 2.24. The SMILES string of the molecule is C#CCC(CC)N1CCc2c(ccnc2Nc2ccc(C)c(-c3cc4ccccc4cn3)c2)C1.C=O.[HH]. The van der Waals surface area contributed by atoms with E-state index in [0.717, 1.165) is 60.5 Å². The molecule has 0 bridgehead atoms. The number of nitrogens with one attached hydrogen (secondary N) is 1. The lowest BCUT2D eigenvalue weighted by Gasteiger charge is -2.35. The number of carbonyl (C=O) groups excluding carboxylic acids is 1. The summed E-state index contributed by atoms with van der Waals surface area (Å²) >= 11 is 0. The lowest BCUT2D eigenvalue weighted by Crippen LogP contribution is -2.39. The highest BCUT2D eigenvalue weighted by atomic mass is 16.1. The molecule has 1 unspecified atom stereocenters. The van der Waals surface area contributed by atoms with Crippen molar-refractivity contribution < 1.29 is 6.22 Å². The van der Waals surface area contributed by atoms with Crippen molar-refractivity contribution in [2.75, 3.05) is 11.9 Å². The van der Waals surface area contributed by atoms with Crippen molar-refractivity contribution >= 4 is 29.1 Å². The summed E-state index contributed by atoms with van der Waals surface area (Å²) in [5.74, 6) is 3.79. The third-order valence-corrected chi connectivity index (χ3v) is 6.92. The van der Waals surface area contributed by atoms with Crippen LogP contribution in [0.2, 0.25) is 0 Å². The van der Waals surface area contributed by atoms with E-state index >= 15 is 0 Å². The number of rotatable bonds is 6. The van der Waals surface area contributed by atoms with Crippen molar-refractivity contribution in [2.24, 2.45) is 0 Å². The zero-order valence-corrected chi connectivity index (χ0v) is 21.0. The Balaban J connectivity index is 0.00000124. The summed E-state index contributed by atoms with van der Waals surface area (Å²) in [7, 11) is 0. The van der Waals surface area contributed by atoms with Gasteiger partial charge in [0, 0.05) is 61.6 Å². The van der Waals surface area contributed by atoms with Gasteiger partial charge in [-0.1, -0.05) is 37.3 Å². The van der Waals surface area contributed by atoms with Crippen molar-refractivity contribution in [3.05, 3.63) is 83.7 Å². The summed E-state index contributed by atoms with van der Waals surface area (Å²) in [4.78, 5) is 20.0. The topological polar surface area (TPSA) is 58.1 Å². The van der Waals surface area contributed by atoms with Crippen LogP contribution in [0.4, 0.5) is 11.5 Å². The highest BCUT2D eigenvalue weighted by Crippen LogP contribution is 2.31.